The van der Waals surface area contributed by atoms with Gasteiger partial charge in [-0.05, 0) is 36.8 Å². The van der Waals surface area contributed by atoms with Crippen LogP contribution in [0.5, 0.6) is 11.5 Å². The second-order valence-corrected chi connectivity index (χ2v) is 3.70. The molecule has 0 bridgehead atoms. The zero-order valence-corrected chi connectivity index (χ0v) is 9.65. The molecule has 0 unspecified atom stereocenters. The van der Waals surface area contributed by atoms with E-state index in [0.717, 1.165) is 5.56 Å². The predicted molar refractivity (Wildman–Crippen MR) is 66.0 cm³/mol. The Morgan fingerprint density at radius 3 is 2.00 bits per heavy atom. The molecule has 2 rings (SSSR count). The van der Waals surface area contributed by atoms with Crippen molar-refractivity contribution in [2.75, 3.05) is 0 Å². The van der Waals surface area contributed by atoms with Crippen LogP contribution in [0.25, 0.3) is 0 Å². The van der Waals surface area contributed by atoms with Gasteiger partial charge in [-0.3, -0.25) is 0 Å². The SMILES string of the molecule is Cc1cccc(O)c1.Oc1ccccc1Cl. The van der Waals surface area contributed by atoms with Gasteiger partial charge in [-0.1, -0.05) is 35.9 Å². The van der Waals surface area contributed by atoms with Crippen LogP contribution >= 0.6 is 11.6 Å². The van der Waals surface area contributed by atoms with Crippen LogP contribution in [-0.4, -0.2) is 10.2 Å². The molecule has 2 N–H and O–H groups in total. The van der Waals surface area contributed by atoms with Gasteiger partial charge in [0.25, 0.3) is 0 Å². The molecule has 0 saturated carbocycles. The van der Waals surface area contributed by atoms with Gasteiger partial charge in [-0.15, -0.1) is 0 Å². The first-order chi connectivity index (χ1) is 7.59. The number of phenolic OH excluding ortho intramolecular Hbond substituents is 2. The molecule has 0 aliphatic heterocycles. The van der Waals surface area contributed by atoms with E-state index < -0.39 is 0 Å². The van der Waals surface area contributed by atoms with Crippen LogP contribution < -0.4 is 0 Å². The van der Waals surface area contributed by atoms with Crippen molar-refractivity contribution in [2.45, 2.75) is 6.92 Å². The van der Waals surface area contributed by atoms with Crippen LogP contribution in [0.4, 0.5) is 0 Å². The fourth-order valence-corrected chi connectivity index (χ4v) is 1.22. The molecule has 0 aliphatic rings. The van der Waals surface area contributed by atoms with Gasteiger partial charge in [-0.25, -0.2) is 0 Å². The molecule has 0 aliphatic carbocycles. The van der Waals surface area contributed by atoms with Crippen molar-refractivity contribution in [2.24, 2.45) is 0 Å². The Hall–Kier alpha value is -1.67. The van der Waals surface area contributed by atoms with Crippen LogP contribution in [0.15, 0.2) is 48.5 Å². The molecule has 0 radical (unpaired) electrons. The molecule has 2 nitrogen and oxygen atoms in total. The first-order valence-corrected chi connectivity index (χ1v) is 5.16. The minimum atomic E-state index is 0.133. The molecule has 0 saturated heterocycles. The van der Waals surface area contributed by atoms with Crippen molar-refractivity contribution in [3.8, 4) is 11.5 Å². The van der Waals surface area contributed by atoms with Crippen molar-refractivity contribution < 1.29 is 10.2 Å². The Balaban J connectivity index is 0.000000160. The molecule has 0 fully saturated rings. The predicted octanol–water partition coefficient (Wildman–Crippen LogP) is 3.75. The number of halogens is 1. The average molecular weight is 237 g/mol. The summed E-state index contributed by atoms with van der Waals surface area (Å²) < 4.78 is 0. The molecular formula is C13H13ClO2. The summed E-state index contributed by atoms with van der Waals surface area (Å²) in [6.07, 6.45) is 0. The number of rotatable bonds is 0. The van der Waals surface area contributed by atoms with Crippen LogP contribution in [0.1, 0.15) is 5.56 Å². The summed E-state index contributed by atoms with van der Waals surface area (Å²) in [5, 5.41) is 18.0. The van der Waals surface area contributed by atoms with E-state index in [0.29, 0.717) is 10.8 Å². The maximum absolute atomic E-state index is 8.81. The number of phenols is 2. The zero-order chi connectivity index (χ0) is 12.0. The van der Waals surface area contributed by atoms with Crippen LogP contribution in [0.2, 0.25) is 5.02 Å². The number of hydrogen-bond acceptors (Lipinski definition) is 2. The number of benzene rings is 2. The Morgan fingerprint density at radius 2 is 1.62 bits per heavy atom. The highest BCUT2D eigenvalue weighted by Gasteiger charge is 1.89. The Kier molecular flexibility index (Phi) is 4.67. The standard InChI is InChI=1S/C7H8O.C6H5ClO/c1-6-3-2-4-7(8)5-6;7-5-3-1-2-4-6(5)8/h2-5,8H,1H3;1-4,8H. The minimum Gasteiger partial charge on any atom is -0.508 e. The van der Waals surface area contributed by atoms with E-state index in [2.05, 4.69) is 0 Å². The summed E-state index contributed by atoms with van der Waals surface area (Å²) in [7, 11) is 0. The van der Waals surface area contributed by atoms with E-state index in [4.69, 9.17) is 21.8 Å². The quantitative estimate of drug-likeness (QED) is 0.732. The zero-order valence-electron chi connectivity index (χ0n) is 8.89. The van der Waals surface area contributed by atoms with Crippen molar-refractivity contribution in [1.82, 2.24) is 0 Å². The third-order valence-electron chi connectivity index (χ3n) is 1.85. The van der Waals surface area contributed by atoms with Crippen molar-refractivity contribution in [1.29, 1.82) is 0 Å². The smallest absolute Gasteiger partial charge is 0.134 e. The maximum Gasteiger partial charge on any atom is 0.134 e. The number of aryl methyl sites for hydroxylation is 1. The van der Waals surface area contributed by atoms with E-state index >= 15 is 0 Å². The molecule has 0 atom stereocenters. The number of hydrogen-bond donors (Lipinski definition) is 2. The lowest BCUT2D eigenvalue weighted by Gasteiger charge is -1.89. The first kappa shape index (κ1) is 12.4. The largest absolute Gasteiger partial charge is 0.508 e. The topological polar surface area (TPSA) is 40.5 Å². The summed E-state index contributed by atoms with van der Waals surface area (Å²) in [5.74, 6) is 0.471. The summed E-state index contributed by atoms with van der Waals surface area (Å²) in [4.78, 5) is 0. The minimum absolute atomic E-state index is 0.133. The summed E-state index contributed by atoms with van der Waals surface area (Å²) in [5.41, 5.74) is 1.09. The monoisotopic (exact) mass is 236 g/mol. The second kappa shape index (κ2) is 6.03. The highest BCUT2D eigenvalue weighted by Crippen LogP contribution is 2.20. The Labute approximate surface area is 99.8 Å². The number of para-hydroxylation sites is 1. The van der Waals surface area contributed by atoms with Gasteiger partial charge < -0.3 is 10.2 Å². The van der Waals surface area contributed by atoms with Gasteiger partial charge in [0.2, 0.25) is 0 Å². The van der Waals surface area contributed by atoms with Gasteiger partial charge in [0.05, 0.1) is 5.02 Å². The van der Waals surface area contributed by atoms with Gasteiger partial charge in [-0.2, -0.15) is 0 Å². The fourth-order valence-electron chi connectivity index (χ4n) is 1.08. The van der Waals surface area contributed by atoms with E-state index in [1.54, 1.807) is 36.4 Å². The molecule has 16 heavy (non-hydrogen) atoms. The lowest BCUT2D eigenvalue weighted by atomic mass is 10.2. The Bertz CT molecular complexity index is 417. The highest BCUT2D eigenvalue weighted by atomic mass is 35.5. The van der Waals surface area contributed by atoms with Gasteiger partial charge in [0.1, 0.15) is 11.5 Å². The molecule has 0 aromatic heterocycles. The lowest BCUT2D eigenvalue weighted by molar-refractivity contribution is 0.474. The molecule has 0 spiro atoms. The van der Waals surface area contributed by atoms with Crippen molar-refractivity contribution in [3.05, 3.63) is 59.1 Å². The van der Waals surface area contributed by atoms with Crippen LogP contribution in [0, 0.1) is 6.92 Å². The maximum atomic E-state index is 8.81. The van der Waals surface area contributed by atoms with E-state index in [-0.39, 0.29) is 5.75 Å². The van der Waals surface area contributed by atoms with Gasteiger partial charge >= 0.3 is 0 Å². The van der Waals surface area contributed by atoms with E-state index in [1.807, 2.05) is 19.1 Å². The third kappa shape index (κ3) is 4.24. The summed E-state index contributed by atoms with van der Waals surface area (Å²) >= 11 is 5.46. The Morgan fingerprint density at radius 1 is 0.938 bits per heavy atom. The summed E-state index contributed by atoms with van der Waals surface area (Å²) in [6, 6.07) is 13.8. The molecule has 2 aromatic carbocycles. The molecule has 84 valence electrons. The molecule has 3 heteroatoms. The fraction of sp³-hybridized carbons (Fsp3) is 0.0769. The molecular weight excluding hydrogens is 224 g/mol. The van der Waals surface area contributed by atoms with Crippen molar-refractivity contribution in [3.63, 3.8) is 0 Å². The van der Waals surface area contributed by atoms with E-state index in [9.17, 15) is 0 Å². The average Bonchev–Trinajstić information content (AvgIpc) is 2.23. The molecule has 0 amide bonds. The highest BCUT2D eigenvalue weighted by molar-refractivity contribution is 6.31. The third-order valence-corrected chi connectivity index (χ3v) is 2.17. The number of aromatic hydroxyl groups is 2. The van der Waals surface area contributed by atoms with Crippen LogP contribution in [-0.2, 0) is 0 Å². The normalized spacial score (nSPS) is 9.12. The van der Waals surface area contributed by atoms with Crippen molar-refractivity contribution >= 4 is 11.6 Å². The van der Waals surface area contributed by atoms with Gasteiger partial charge in [0.15, 0.2) is 0 Å². The molecule has 2 aromatic rings. The second-order valence-electron chi connectivity index (χ2n) is 3.29. The summed E-state index contributed by atoms with van der Waals surface area (Å²) in [6.45, 7) is 1.94. The van der Waals surface area contributed by atoms with E-state index in [1.165, 1.54) is 0 Å². The molecule has 0 heterocycles. The lowest BCUT2D eigenvalue weighted by Crippen LogP contribution is -1.66. The van der Waals surface area contributed by atoms with Gasteiger partial charge in [0, 0.05) is 0 Å². The van der Waals surface area contributed by atoms with Crippen LogP contribution in [0.3, 0.4) is 0 Å². The first-order valence-electron chi connectivity index (χ1n) is 4.78.